The van der Waals surface area contributed by atoms with E-state index in [1.807, 2.05) is 17.0 Å². The summed E-state index contributed by atoms with van der Waals surface area (Å²) in [6.45, 7) is 8.71. The van der Waals surface area contributed by atoms with E-state index in [4.69, 9.17) is 0 Å². The molecule has 1 amide bonds. The number of carbonyl (C=O) groups excluding carboxylic acids is 1. The number of fused-ring (bicyclic) bond motifs is 1. The van der Waals surface area contributed by atoms with Crippen molar-refractivity contribution in [2.24, 2.45) is 4.99 Å². The number of aliphatic imine (C=N–C) groups is 1. The summed E-state index contributed by atoms with van der Waals surface area (Å²) in [6.07, 6.45) is 0.914. The van der Waals surface area contributed by atoms with E-state index in [1.54, 1.807) is 7.05 Å². The minimum absolute atomic E-state index is 0.0980. The first-order valence-corrected chi connectivity index (χ1v) is 11.2. The molecule has 1 heterocycles. The van der Waals surface area contributed by atoms with Crippen molar-refractivity contribution in [1.29, 1.82) is 0 Å². The summed E-state index contributed by atoms with van der Waals surface area (Å²) in [6, 6.07) is 19.1. The van der Waals surface area contributed by atoms with Gasteiger partial charge in [-0.25, -0.2) is 0 Å². The molecule has 2 aromatic rings. The largest absolute Gasteiger partial charge is 0.354 e. The molecule has 0 aliphatic carbocycles. The van der Waals surface area contributed by atoms with Crippen molar-refractivity contribution in [3.05, 3.63) is 71.3 Å². The van der Waals surface area contributed by atoms with Crippen LogP contribution in [0.15, 0.2) is 59.6 Å². The Bertz CT molecular complexity index is 863. The molecule has 6 heteroatoms. The van der Waals surface area contributed by atoms with Crippen molar-refractivity contribution in [2.75, 3.05) is 39.8 Å². The van der Waals surface area contributed by atoms with Gasteiger partial charge in [0.2, 0.25) is 5.91 Å². The Hall–Kier alpha value is -2.86. The second-order valence-electron chi connectivity index (χ2n) is 7.79. The SMILES string of the molecule is CCN(CC)C(CNC(=NC)NCC(=O)N1CCc2ccccc2C1)c1ccccc1. The Morgan fingerprint density at radius 3 is 2.39 bits per heavy atom. The third kappa shape index (κ3) is 6.07. The maximum Gasteiger partial charge on any atom is 0.242 e. The van der Waals surface area contributed by atoms with Crippen LogP contribution in [0.2, 0.25) is 0 Å². The van der Waals surface area contributed by atoms with E-state index in [0.717, 1.165) is 32.6 Å². The lowest BCUT2D eigenvalue weighted by atomic mass is 10.00. The Kier molecular flexibility index (Phi) is 8.47. The number of carbonyl (C=O) groups is 1. The molecular formula is C25H35N5O. The smallest absolute Gasteiger partial charge is 0.242 e. The minimum atomic E-state index is 0.0980. The van der Waals surface area contributed by atoms with Crippen LogP contribution in [0.1, 0.15) is 36.6 Å². The maximum atomic E-state index is 12.8. The van der Waals surface area contributed by atoms with Crippen molar-refractivity contribution < 1.29 is 4.79 Å². The van der Waals surface area contributed by atoms with Crippen LogP contribution >= 0.6 is 0 Å². The molecule has 1 unspecified atom stereocenters. The summed E-state index contributed by atoms with van der Waals surface area (Å²) in [4.78, 5) is 21.4. The van der Waals surface area contributed by atoms with Gasteiger partial charge in [-0.05, 0) is 36.2 Å². The number of nitrogens with zero attached hydrogens (tertiary/aromatic N) is 3. The molecular weight excluding hydrogens is 386 g/mol. The first kappa shape index (κ1) is 22.8. The zero-order chi connectivity index (χ0) is 22.1. The molecule has 0 fully saturated rings. The summed E-state index contributed by atoms with van der Waals surface area (Å²) in [5, 5.41) is 6.62. The number of hydrogen-bond donors (Lipinski definition) is 2. The van der Waals surface area contributed by atoms with Gasteiger partial charge >= 0.3 is 0 Å². The van der Waals surface area contributed by atoms with E-state index in [9.17, 15) is 4.79 Å². The molecule has 166 valence electrons. The monoisotopic (exact) mass is 421 g/mol. The van der Waals surface area contributed by atoms with Crippen LogP contribution in [0.3, 0.4) is 0 Å². The fraction of sp³-hybridized carbons (Fsp3) is 0.440. The summed E-state index contributed by atoms with van der Waals surface area (Å²) >= 11 is 0. The fourth-order valence-electron chi connectivity index (χ4n) is 4.19. The lowest BCUT2D eigenvalue weighted by Gasteiger charge is -2.31. The van der Waals surface area contributed by atoms with Crippen LogP contribution in [0.5, 0.6) is 0 Å². The van der Waals surface area contributed by atoms with Gasteiger partial charge in [-0.15, -0.1) is 0 Å². The number of likely N-dealkylation sites (N-methyl/N-ethyl adjacent to an activating group) is 1. The van der Waals surface area contributed by atoms with E-state index in [1.165, 1.54) is 16.7 Å². The van der Waals surface area contributed by atoms with Gasteiger partial charge in [0.1, 0.15) is 0 Å². The van der Waals surface area contributed by atoms with E-state index in [2.05, 4.69) is 76.8 Å². The molecule has 1 aliphatic heterocycles. The van der Waals surface area contributed by atoms with Crippen molar-refractivity contribution in [3.63, 3.8) is 0 Å². The Morgan fingerprint density at radius 2 is 1.71 bits per heavy atom. The Labute approximate surface area is 186 Å². The fourth-order valence-corrected chi connectivity index (χ4v) is 4.19. The zero-order valence-corrected chi connectivity index (χ0v) is 19.0. The summed E-state index contributed by atoms with van der Waals surface area (Å²) in [7, 11) is 1.74. The lowest BCUT2D eigenvalue weighted by molar-refractivity contribution is -0.130. The quantitative estimate of drug-likeness (QED) is 0.508. The topological polar surface area (TPSA) is 60.0 Å². The van der Waals surface area contributed by atoms with Crippen molar-refractivity contribution in [3.8, 4) is 0 Å². The molecule has 0 bridgehead atoms. The summed E-state index contributed by atoms with van der Waals surface area (Å²) in [5.74, 6) is 0.750. The highest BCUT2D eigenvalue weighted by Crippen LogP contribution is 2.20. The van der Waals surface area contributed by atoms with Gasteiger partial charge in [-0.3, -0.25) is 14.7 Å². The first-order valence-electron chi connectivity index (χ1n) is 11.2. The number of amides is 1. The molecule has 6 nitrogen and oxygen atoms in total. The minimum Gasteiger partial charge on any atom is -0.354 e. The van der Waals surface area contributed by atoms with Gasteiger partial charge in [-0.1, -0.05) is 68.4 Å². The van der Waals surface area contributed by atoms with Crippen LogP contribution in [-0.4, -0.2) is 61.4 Å². The zero-order valence-electron chi connectivity index (χ0n) is 19.0. The van der Waals surface area contributed by atoms with Gasteiger partial charge in [0, 0.05) is 26.7 Å². The molecule has 2 aromatic carbocycles. The molecule has 1 aliphatic rings. The van der Waals surface area contributed by atoms with Crippen LogP contribution in [0.4, 0.5) is 0 Å². The molecule has 3 rings (SSSR count). The van der Waals surface area contributed by atoms with Gasteiger partial charge in [0.25, 0.3) is 0 Å². The van der Waals surface area contributed by atoms with E-state index in [-0.39, 0.29) is 18.5 Å². The average molecular weight is 422 g/mol. The Morgan fingerprint density at radius 1 is 1.03 bits per heavy atom. The summed E-state index contributed by atoms with van der Waals surface area (Å²) in [5.41, 5.74) is 3.87. The van der Waals surface area contributed by atoms with E-state index in [0.29, 0.717) is 12.5 Å². The molecule has 0 aromatic heterocycles. The molecule has 0 spiro atoms. The normalized spacial score (nSPS) is 14.8. The lowest BCUT2D eigenvalue weighted by Crippen LogP contribution is -2.47. The van der Waals surface area contributed by atoms with E-state index >= 15 is 0 Å². The van der Waals surface area contributed by atoms with Crippen LogP contribution in [0, 0.1) is 0 Å². The van der Waals surface area contributed by atoms with Crippen LogP contribution in [0.25, 0.3) is 0 Å². The van der Waals surface area contributed by atoms with Crippen molar-refractivity contribution >= 4 is 11.9 Å². The van der Waals surface area contributed by atoms with Gasteiger partial charge in [0.05, 0.1) is 12.6 Å². The average Bonchev–Trinajstić information content (AvgIpc) is 2.83. The van der Waals surface area contributed by atoms with Crippen molar-refractivity contribution in [2.45, 2.75) is 32.9 Å². The van der Waals surface area contributed by atoms with Gasteiger partial charge in [-0.2, -0.15) is 0 Å². The molecule has 2 N–H and O–H groups in total. The highest BCUT2D eigenvalue weighted by atomic mass is 16.2. The molecule has 0 radical (unpaired) electrons. The van der Waals surface area contributed by atoms with Crippen molar-refractivity contribution in [1.82, 2.24) is 20.4 Å². The summed E-state index contributed by atoms with van der Waals surface area (Å²) < 4.78 is 0. The molecule has 31 heavy (non-hydrogen) atoms. The maximum absolute atomic E-state index is 12.8. The Balaban J connectivity index is 1.54. The van der Waals surface area contributed by atoms with Gasteiger partial charge in [0.15, 0.2) is 5.96 Å². The third-order valence-corrected chi connectivity index (χ3v) is 6.01. The molecule has 1 atom stereocenters. The number of benzene rings is 2. The second kappa shape index (κ2) is 11.5. The first-order chi connectivity index (χ1) is 15.2. The second-order valence-corrected chi connectivity index (χ2v) is 7.79. The van der Waals surface area contributed by atoms with Crippen LogP contribution < -0.4 is 10.6 Å². The predicted molar refractivity (Wildman–Crippen MR) is 127 cm³/mol. The number of rotatable bonds is 8. The standard InChI is InChI=1S/C25H35N5O/c1-4-29(5-2)23(21-12-7-6-8-13-21)17-27-25(26-3)28-18-24(31)30-16-15-20-11-9-10-14-22(20)19-30/h6-14,23H,4-5,15-19H2,1-3H3,(H2,26,27,28). The molecule has 0 saturated carbocycles. The predicted octanol–water partition coefficient (Wildman–Crippen LogP) is 2.82. The molecule has 0 saturated heterocycles. The van der Waals surface area contributed by atoms with E-state index < -0.39 is 0 Å². The highest BCUT2D eigenvalue weighted by Gasteiger charge is 2.21. The number of guanidine groups is 1. The highest BCUT2D eigenvalue weighted by molar-refractivity contribution is 5.86. The number of nitrogens with one attached hydrogen (secondary N) is 2. The van der Waals surface area contributed by atoms with Crippen LogP contribution in [-0.2, 0) is 17.8 Å². The third-order valence-electron chi connectivity index (χ3n) is 6.01. The van der Waals surface area contributed by atoms with Gasteiger partial charge < -0.3 is 15.5 Å². The number of hydrogen-bond acceptors (Lipinski definition) is 3.